The average Bonchev–Trinajstić information content (AvgIpc) is 2.04. The summed E-state index contributed by atoms with van der Waals surface area (Å²) in [5, 5.41) is 9.31. The van der Waals surface area contributed by atoms with Crippen LogP contribution in [0.3, 0.4) is 0 Å². The molecule has 3 nitrogen and oxygen atoms in total. The van der Waals surface area contributed by atoms with Gasteiger partial charge in [0.05, 0.1) is 6.10 Å². The van der Waals surface area contributed by atoms with E-state index in [9.17, 15) is 9.90 Å². The number of rotatable bonds is 2. The van der Waals surface area contributed by atoms with Gasteiger partial charge >= 0.3 is 0 Å². The Morgan fingerprint density at radius 1 is 1.33 bits per heavy atom. The Labute approximate surface area is 73.4 Å². The third-order valence-corrected chi connectivity index (χ3v) is 2.63. The first kappa shape index (κ1) is 9.68. The van der Waals surface area contributed by atoms with Gasteiger partial charge in [-0.2, -0.15) is 0 Å². The van der Waals surface area contributed by atoms with Gasteiger partial charge in [0.2, 0.25) is 0 Å². The lowest BCUT2D eigenvalue weighted by Gasteiger charge is -2.33. The van der Waals surface area contributed by atoms with Crippen molar-refractivity contribution in [2.45, 2.75) is 38.8 Å². The normalized spacial score (nSPS) is 25.4. The van der Waals surface area contributed by atoms with Crippen molar-refractivity contribution in [3.63, 3.8) is 0 Å². The van der Waals surface area contributed by atoms with E-state index in [0.717, 1.165) is 13.1 Å². The van der Waals surface area contributed by atoms with Crippen LogP contribution in [0.25, 0.3) is 0 Å². The minimum absolute atomic E-state index is 0.179. The molecule has 0 aromatic carbocycles. The van der Waals surface area contributed by atoms with Crippen LogP contribution in [0.1, 0.15) is 26.7 Å². The lowest BCUT2D eigenvalue weighted by molar-refractivity contribution is -0.122. The van der Waals surface area contributed by atoms with E-state index < -0.39 is 0 Å². The molecular weight excluding hydrogens is 154 g/mol. The lowest BCUT2D eigenvalue weighted by Crippen LogP contribution is -2.44. The molecular formula is C9H17NO2. The fourth-order valence-corrected chi connectivity index (χ4v) is 1.49. The third-order valence-electron chi connectivity index (χ3n) is 2.63. The van der Waals surface area contributed by atoms with Crippen LogP contribution in [0, 0.1) is 0 Å². The molecule has 0 bridgehead atoms. The zero-order valence-corrected chi connectivity index (χ0v) is 7.79. The number of aliphatic hydroxyl groups is 1. The van der Waals surface area contributed by atoms with E-state index in [0.29, 0.717) is 18.6 Å². The molecule has 1 heterocycles. The molecule has 0 radical (unpaired) electrons. The highest BCUT2D eigenvalue weighted by molar-refractivity contribution is 5.79. The maximum absolute atomic E-state index is 10.9. The number of carbonyl (C=O) groups excluding carboxylic acids is 1. The lowest BCUT2D eigenvalue weighted by atomic mass is 10.1. The summed E-state index contributed by atoms with van der Waals surface area (Å²) in [6.07, 6.45) is 0.993. The van der Waals surface area contributed by atoms with Gasteiger partial charge in [-0.15, -0.1) is 0 Å². The van der Waals surface area contributed by atoms with Crippen molar-refractivity contribution in [2.75, 3.05) is 13.1 Å². The molecule has 2 unspecified atom stereocenters. The Morgan fingerprint density at radius 2 is 1.83 bits per heavy atom. The Morgan fingerprint density at radius 3 is 2.25 bits per heavy atom. The van der Waals surface area contributed by atoms with Crippen LogP contribution in [0.5, 0.6) is 0 Å². The van der Waals surface area contributed by atoms with E-state index in [1.165, 1.54) is 0 Å². The summed E-state index contributed by atoms with van der Waals surface area (Å²) in [5.41, 5.74) is 0. The predicted octanol–water partition coefficient (Wildman–Crippen LogP) is 0.421. The first-order valence-electron chi connectivity index (χ1n) is 4.55. The highest BCUT2D eigenvalue weighted by Crippen LogP contribution is 2.11. The van der Waals surface area contributed by atoms with Crippen molar-refractivity contribution >= 4 is 5.78 Å². The molecule has 1 aliphatic rings. The van der Waals surface area contributed by atoms with E-state index >= 15 is 0 Å². The molecule has 3 heteroatoms. The molecule has 1 aliphatic heterocycles. The number of aliphatic hydroxyl groups excluding tert-OH is 1. The van der Waals surface area contributed by atoms with Crippen molar-refractivity contribution in [3.05, 3.63) is 0 Å². The van der Waals surface area contributed by atoms with Crippen molar-refractivity contribution in [1.29, 1.82) is 0 Å². The summed E-state index contributed by atoms with van der Waals surface area (Å²) in [4.78, 5) is 13.1. The number of carbonyl (C=O) groups is 1. The van der Waals surface area contributed by atoms with E-state index in [1.807, 2.05) is 6.92 Å². The van der Waals surface area contributed by atoms with E-state index in [-0.39, 0.29) is 12.1 Å². The molecule has 0 saturated carbocycles. The van der Waals surface area contributed by atoms with Gasteiger partial charge in [0, 0.05) is 32.0 Å². The molecule has 0 amide bonds. The number of nitrogens with zero attached hydrogens (tertiary/aromatic N) is 1. The van der Waals surface area contributed by atoms with Crippen LogP contribution in [0.2, 0.25) is 0 Å². The summed E-state index contributed by atoms with van der Waals surface area (Å²) in [6, 6.07) is 0.179. The van der Waals surface area contributed by atoms with Gasteiger partial charge in [0.25, 0.3) is 0 Å². The Hall–Kier alpha value is -0.410. The smallest absolute Gasteiger partial charge is 0.135 e. The fourth-order valence-electron chi connectivity index (χ4n) is 1.49. The first-order chi connectivity index (χ1) is 5.61. The van der Waals surface area contributed by atoms with Crippen LogP contribution in [0.15, 0.2) is 0 Å². The maximum atomic E-state index is 10.9. The van der Waals surface area contributed by atoms with Gasteiger partial charge in [0.1, 0.15) is 5.78 Å². The van der Waals surface area contributed by atoms with Gasteiger partial charge in [-0.05, 0) is 13.8 Å². The van der Waals surface area contributed by atoms with E-state index in [4.69, 9.17) is 0 Å². The highest BCUT2D eigenvalue weighted by atomic mass is 16.3. The molecule has 1 N–H and O–H groups in total. The topological polar surface area (TPSA) is 40.5 Å². The molecule has 1 fully saturated rings. The molecule has 2 atom stereocenters. The molecule has 0 aromatic rings. The Balaban J connectivity index is 2.38. The van der Waals surface area contributed by atoms with Crippen LogP contribution in [-0.2, 0) is 4.79 Å². The van der Waals surface area contributed by atoms with Crippen molar-refractivity contribution < 1.29 is 9.90 Å². The molecule has 0 aromatic heterocycles. The molecule has 70 valence electrons. The Kier molecular flexibility index (Phi) is 3.23. The molecule has 1 rings (SSSR count). The van der Waals surface area contributed by atoms with Crippen molar-refractivity contribution in [3.8, 4) is 0 Å². The molecule has 12 heavy (non-hydrogen) atoms. The monoisotopic (exact) mass is 171 g/mol. The van der Waals surface area contributed by atoms with Crippen LogP contribution in [0.4, 0.5) is 0 Å². The number of piperidine rings is 1. The van der Waals surface area contributed by atoms with Crippen LogP contribution in [-0.4, -0.2) is 41.0 Å². The number of Topliss-reactive ketones (excluding diaryl/α,β-unsaturated/α-hetero) is 1. The number of likely N-dealkylation sites (tertiary alicyclic amines) is 1. The summed E-state index contributed by atoms with van der Waals surface area (Å²) in [6.45, 7) is 5.41. The highest BCUT2D eigenvalue weighted by Gasteiger charge is 2.22. The van der Waals surface area contributed by atoms with Gasteiger partial charge in [-0.25, -0.2) is 0 Å². The molecule has 1 saturated heterocycles. The minimum atomic E-state index is -0.307. The number of hydrogen-bond acceptors (Lipinski definition) is 3. The van der Waals surface area contributed by atoms with Gasteiger partial charge < -0.3 is 5.11 Å². The van der Waals surface area contributed by atoms with E-state index in [1.54, 1.807) is 6.92 Å². The summed E-state index contributed by atoms with van der Waals surface area (Å²) in [7, 11) is 0. The quantitative estimate of drug-likeness (QED) is 0.654. The summed E-state index contributed by atoms with van der Waals surface area (Å²) in [5.74, 6) is 0.351. The zero-order chi connectivity index (χ0) is 9.14. The summed E-state index contributed by atoms with van der Waals surface area (Å²) < 4.78 is 0. The number of hydrogen-bond donors (Lipinski definition) is 1. The zero-order valence-electron chi connectivity index (χ0n) is 7.79. The predicted molar refractivity (Wildman–Crippen MR) is 47.0 cm³/mol. The first-order valence-corrected chi connectivity index (χ1v) is 4.55. The summed E-state index contributed by atoms with van der Waals surface area (Å²) >= 11 is 0. The number of ketones is 1. The molecule has 0 spiro atoms. The second-order valence-corrected chi connectivity index (χ2v) is 3.56. The largest absolute Gasteiger partial charge is 0.392 e. The van der Waals surface area contributed by atoms with Crippen LogP contribution < -0.4 is 0 Å². The SMILES string of the molecule is CC(O)C(C)N1CCC(=O)CC1. The third kappa shape index (κ3) is 2.29. The molecule has 0 aliphatic carbocycles. The van der Waals surface area contributed by atoms with Gasteiger partial charge in [-0.3, -0.25) is 9.69 Å². The second kappa shape index (κ2) is 4.01. The fraction of sp³-hybridized carbons (Fsp3) is 0.889. The van der Waals surface area contributed by atoms with Crippen molar-refractivity contribution in [2.24, 2.45) is 0 Å². The maximum Gasteiger partial charge on any atom is 0.135 e. The van der Waals surface area contributed by atoms with Crippen molar-refractivity contribution in [1.82, 2.24) is 4.90 Å². The second-order valence-electron chi connectivity index (χ2n) is 3.56. The Bertz CT molecular complexity index is 158. The van der Waals surface area contributed by atoms with Gasteiger partial charge in [-0.1, -0.05) is 0 Å². The van der Waals surface area contributed by atoms with E-state index in [2.05, 4.69) is 4.90 Å². The van der Waals surface area contributed by atoms with Gasteiger partial charge in [0.15, 0.2) is 0 Å². The standard InChI is InChI=1S/C9H17NO2/c1-7(8(2)11)10-5-3-9(12)4-6-10/h7-8,11H,3-6H2,1-2H3. The minimum Gasteiger partial charge on any atom is -0.392 e. The van der Waals surface area contributed by atoms with Crippen LogP contribution >= 0.6 is 0 Å². The average molecular weight is 171 g/mol.